The Balaban J connectivity index is 1.07. The van der Waals surface area contributed by atoms with Gasteiger partial charge in [0.05, 0.1) is 13.2 Å². The van der Waals surface area contributed by atoms with Crippen LogP contribution >= 0.6 is 0 Å². The summed E-state index contributed by atoms with van der Waals surface area (Å²) in [5, 5.41) is 32.1. The van der Waals surface area contributed by atoms with Crippen molar-refractivity contribution in [1.82, 2.24) is 5.32 Å². The van der Waals surface area contributed by atoms with E-state index >= 15 is 0 Å². The van der Waals surface area contributed by atoms with Crippen molar-refractivity contribution in [2.45, 2.75) is 142 Å². The monoisotopic (exact) mass is 619 g/mol. The van der Waals surface area contributed by atoms with Crippen LogP contribution in [0.2, 0.25) is 0 Å². The summed E-state index contributed by atoms with van der Waals surface area (Å²) in [6, 6.07) is 0. The average Bonchev–Trinajstić information content (AvgIpc) is 3.34. The Hall–Kier alpha value is -1.19. The van der Waals surface area contributed by atoms with Gasteiger partial charge >= 0.3 is 6.09 Å². The van der Waals surface area contributed by atoms with Gasteiger partial charge in [0, 0.05) is 13.0 Å². The van der Waals surface area contributed by atoms with E-state index in [1.807, 2.05) is 0 Å². The smallest absolute Gasteiger partial charge is 0.407 e. The first kappa shape index (κ1) is 34.2. The molecule has 0 spiro atoms. The maximum absolute atomic E-state index is 12.6. The molecule has 3 saturated carbocycles. The third-order valence-electron chi connectivity index (χ3n) is 12.9. The molecule has 4 fully saturated rings. The van der Waals surface area contributed by atoms with E-state index < -0.39 is 30.7 Å². The van der Waals surface area contributed by atoms with Crippen molar-refractivity contribution in [2.75, 3.05) is 19.8 Å². The molecule has 8 nitrogen and oxygen atoms in total. The number of allylic oxidation sites excluding steroid dienone is 1. The van der Waals surface area contributed by atoms with Crippen molar-refractivity contribution >= 4 is 6.09 Å². The number of aliphatic hydroxyl groups excluding tert-OH is 3. The molecule has 0 aromatic rings. The lowest BCUT2D eigenvalue weighted by Crippen LogP contribution is -2.53. The zero-order valence-corrected chi connectivity index (χ0v) is 28.0. The fraction of sp³-hybridized carbons (Fsp3) is 0.917. The Bertz CT molecular complexity index is 1000. The number of amides is 1. The van der Waals surface area contributed by atoms with Crippen LogP contribution in [0.4, 0.5) is 4.79 Å². The number of fused-ring (bicyclic) bond motifs is 5. The second-order valence-corrected chi connectivity index (χ2v) is 16.0. The highest BCUT2D eigenvalue weighted by atomic mass is 16.7. The molecule has 252 valence electrons. The summed E-state index contributed by atoms with van der Waals surface area (Å²) < 4.78 is 16.6. The molecular formula is C36H61NO7. The number of carbonyl (C=O) groups excluding carboxylic acids is 1. The highest BCUT2D eigenvalue weighted by Crippen LogP contribution is 2.67. The van der Waals surface area contributed by atoms with Crippen LogP contribution in [0.25, 0.3) is 0 Å². The molecule has 12 atom stereocenters. The van der Waals surface area contributed by atoms with Crippen molar-refractivity contribution in [3.8, 4) is 0 Å². The highest BCUT2D eigenvalue weighted by molar-refractivity contribution is 5.67. The second kappa shape index (κ2) is 14.3. The number of rotatable bonds is 11. The second-order valence-electron chi connectivity index (χ2n) is 16.0. The highest BCUT2D eigenvalue weighted by Gasteiger charge is 2.59. The SMILES string of the molecule is CC(C)CCC[C@@H](C)[C@H]1CC[C@H]2[C@@H]3CC=C4C[C@@H](OC(=O)NCCCO[C@@H]5OC[C@@H](O)[C@H](O)[C@@H]5O)CC[C@]4(C)[C@H]3CC[C@]12C. The number of hydrogen-bond donors (Lipinski definition) is 4. The number of ether oxygens (including phenoxy) is 3. The van der Waals surface area contributed by atoms with E-state index in [0.717, 1.165) is 54.8 Å². The zero-order chi connectivity index (χ0) is 31.6. The molecule has 0 unspecified atom stereocenters. The van der Waals surface area contributed by atoms with Gasteiger partial charge < -0.3 is 34.8 Å². The Morgan fingerprint density at radius 1 is 1.02 bits per heavy atom. The van der Waals surface area contributed by atoms with Gasteiger partial charge in [0.2, 0.25) is 0 Å². The van der Waals surface area contributed by atoms with Crippen LogP contribution in [-0.4, -0.2) is 71.9 Å². The van der Waals surface area contributed by atoms with Crippen molar-refractivity contribution in [3.05, 3.63) is 11.6 Å². The van der Waals surface area contributed by atoms with Gasteiger partial charge in [-0.05, 0) is 97.7 Å². The fourth-order valence-corrected chi connectivity index (χ4v) is 10.3. The molecule has 5 aliphatic rings. The molecule has 5 rings (SSSR count). The molecule has 0 aromatic heterocycles. The van der Waals surface area contributed by atoms with Gasteiger partial charge in [0.25, 0.3) is 0 Å². The minimum Gasteiger partial charge on any atom is -0.446 e. The standard InChI is InChI=1S/C36H61NO7/c1-22(2)8-6-9-23(3)27-12-13-28-26-11-10-24-20-25(14-16-35(24,4)29(26)15-17-36(27,28)5)44-34(41)37-18-7-19-42-33-32(40)31(39)30(38)21-43-33/h10,22-23,25-33,38-40H,6-9,11-21H2,1-5H3,(H,37,41)/t23-,25+,26+,27-,28+,29+,30-,31+,32+,33-,35+,36-/m1/s1. The van der Waals surface area contributed by atoms with E-state index in [-0.39, 0.29) is 24.7 Å². The summed E-state index contributed by atoms with van der Waals surface area (Å²) in [4.78, 5) is 12.6. The van der Waals surface area contributed by atoms with Crippen LogP contribution in [0.15, 0.2) is 11.6 Å². The normalized spacial score (nSPS) is 42.6. The molecule has 4 N–H and O–H groups in total. The maximum Gasteiger partial charge on any atom is 0.407 e. The average molecular weight is 620 g/mol. The first-order chi connectivity index (χ1) is 20.9. The van der Waals surface area contributed by atoms with Gasteiger partial charge in [0.1, 0.15) is 24.4 Å². The van der Waals surface area contributed by atoms with Crippen molar-refractivity contribution in [2.24, 2.45) is 46.3 Å². The summed E-state index contributed by atoms with van der Waals surface area (Å²) in [6.07, 6.45) is 11.6. The molecule has 1 amide bonds. The molecule has 44 heavy (non-hydrogen) atoms. The van der Waals surface area contributed by atoms with Crippen LogP contribution in [0.3, 0.4) is 0 Å². The third kappa shape index (κ3) is 7.05. The summed E-state index contributed by atoms with van der Waals surface area (Å²) in [5.41, 5.74) is 2.25. The lowest BCUT2D eigenvalue weighted by Gasteiger charge is -2.58. The molecule has 1 heterocycles. The number of carbonyl (C=O) groups is 1. The molecule has 1 aliphatic heterocycles. The predicted octanol–water partition coefficient (Wildman–Crippen LogP) is 5.97. The maximum atomic E-state index is 12.6. The van der Waals surface area contributed by atoms with E-state index in [1.54, 1.807) is 0 Å². The fourth-order valence-electron chi connectivity index (χ4n) is 10.3. The predicted molar refractivity (Wildman–Crippen MR) is 170 cm³/mol. The van der Waals surface area contributed by atoms with Crippen LogP contribution in [0.1, 0.15) is 112 Å². The lowest BCUT2D eigenvalue weighted by atomic mass is 9.47. The Labute approximate surface area is 265 Å². The van der Waals surface area contributed by atoms with E-state index in [9.17, 15) is 20.1 Å². The topological polar surface area (TPSA) is 117 Å². The Kier molecular flexibility index (Phi) is 11.1. The number of hydrogen-bond acceptors (Lipinski definition) is 7. The number of aliphatic hydroxyl groups is 3. The van der Waals surface area contributed by atoms with Crippen LogP contribution in [0, 0.1) is 46.3 Å². The van der Waals surface area contributed by atoms with Gasteiger partial charge in [0.15, 0.2) is 6.29 Å². The van der Waals surface area contributed by atoms with Crippen molar-refractivity contribution in [1.29, 1.82) is 0 Å². The largest absolute Gasteiger partial charge is 0.446 e. The van der Waals surface area contributed by atoms with Gasteiger partial charge in [-0.25, -0.2) is 4.79 Å². The van der Waals surface area contributed by atoms with E-state index in [1.165, 1.54) is 56.9 Å². The molecule has 0 bridgehead atoms. The first-order valence-corrected chi connectivity index (χ1v) is 17.9. The van der Waals surface area contributed by atoms with Gasteiger partial charge in [-0.3, -0.25) is 0 Å². The number of nitrogens with one attached hydrogen (secondary N) is 1. The molecule has 0 aromatic carbocycles. The van der Waals surface area contributed by atoms with E-state index in [4.69, 9.17) is 14.2 Å². The van der Waals surface area contributed by atoms with Crippen molar-refractivity contribution in [3.63, 3.8) is 0 Å². The third-order valence-corrected chi connectivity index (χ3v) is 12.9. The number of alkyl carbamates (subject to hydrolysis) is 1. The van der Waals surface area contributed by atoms with Crippen LogP contribution in [0.5, 0.6) is 0 Å². The first-order valence-electron chi connectivity index (χ1n) is 17.9. The van der Waals surface area contributed by atoms with Gasteiger partial charge in [-0.2, -0.15) is 0 Å². The van der Waals surface area contributed by atoms with E-state index in [2.05, 4.69) is 46.0 Å². The molecule has 1 saturated heterocycles. The Morgan fingerprint density at radius 3 is 2.59 bits per heavy atom. The minimum absolute atomic E-state index is 0.0859. The zero-order valence-electron chi connectivity index (χ0n) is 28.0. The van der Waals surface area contributed by atoms with Crippen LogP contribution < -0.4 is 5.32 Å². The van der Waals surface area contributed by atoms with Gasteiger partial charge in [-0.1, -0.05) is 65.5 Å². The summed E-state index contributed by atoms with van der Waals surface area (Å²) in [7, 11) is 0. The molecule has 4 aliphatic carbocycles. The van der Waals surface area contributed by atoms with Crippen LogP contribution in [-0.2, 0) is 14.2 Å². The van der Waals surface area contributed by atoms with Crippen molar-refractivity contribution < 1.29 is 34.3 Å². The Morgan fingerprint density at radius 2 is 1.82 bits per heavy atom. The molecule has 0 radical (unpaired) electrons. The molecular weight excluding hydrogens is 558 g/mol. The van der Waals surface area contributed by atoms with Gasteiger partial charge in [-0.15, -0.1) is 0 Å². The molecule has 8 heteroatoms. The van der Waals surface area contributed by atoms with E-state index in [0.29, 0.717) is 18.4 Å². The lowest BCUT2D eigenvalue weighted by molar-refractivity contribution is -0.269. The summed E-state index contributed by atoms with van der Waals surface area (Å²) in [6.45, 7) is 12.9. The summed E-state index contributed by atoms with van der Waals surface area (Å²) in [5.74, 6) is 4.92. The quantitative estimate of drug-likeness (QED) is 0.166. The minimum atomic E-state index is -1.31. The summed E-state index contributed by atoms with van der Waals surface area (Å²) >= 11 is 0.